The first kappa shape index (κ1) is 16.5. The molecular weight excluding hydrogens is 252 g/mol. The van der Waals surface area contributed by atoms with Crippen LogP contribution in [-0.2, 0) is 14.9 Å². The smallest absolute Gasteiger partial charge is 0.313 e. The first-order valence-electron chi connectivity index (χ1n) is 7.11. The fourth-order valence-corrected chi connectivity index (χ4v) is 2.34. The fraction of sp³-hybridized carbons (Fsp3) is 0.588. The minimum Gasteiger partial charge on any atom is -0.507 e. The maximum absolute atomic E-state index is 12.0. The molecule has 0 heterocycles. The molecule has 1 atom stereocenters. The summed E-state index contributed by atoms with van der Waals surface area (Å²) >= 11 is 0. The van der Waals surface area contributed by atoms with Gasteiger partial charge in [-0.05, 0) is 55.4 Å². The Hall–Kier alpha value is -1.51. The van der Waals surface area contributed by atoms with E-state index in [0.717, 1.165) is 22.3 Å². The highest BCUT2D eigenvalue weighted by Gasteiger charge is 2.26. The zero-order chi connectivity index (χ0) is 15.7. The Morgan fingerprint density at radius 3 is 2.30 bits per heavy atom. The van der Waals surface area contributed by atoms with Gasteiger partial charge in [-0.15, -0.1) is 0 Å². The minimum absolute atomic E-state index is 0.175. The van der Waals surface area contributed by atoms with Gasteiger partial charge < -0.3 is 9.84 Å². The Balaban J connectivity index is 3.41. The van der Waals surface area contributed by atoms with Crippen LogP contribution in [0.4, 0.5) is 0 Å². The van der Waals surface area contributed by atoms with E-state index >= 15 is 0 Å². The molecule has 0 aliphatic rings. The van der Waals surface area contributed by atoms with Crippen LogP contribution in [0.2, 0.25) is 0 Å². The lowest BCUT2D eigenvalue weighted by Crippen LogP contribution is -2.18. The van der Waals surface area contributed by atoms with Gasteiger partial charge in [0.2, 0.25) is 0 Å². The molecule has 3 heteroatoms. The molecule has 0 spiro atoms. The zero-order valence-corrected chi connectivity index (χ0v) is 13.6. The van der Waals surface area contributed by atoms with Crippen LogP contribution in [0.1, 0.15) is 62.8 Å². The van der Waals surface area contributed by atoms with Gasteiger partial charge in [-0.3, -0.25) is 4.79 Å². The molecule has 0 saturated carbocycles. The summed E-state index contributed by atoms with van der Waals surface area (Å²) in [7, 11) is 0. The van der Waals surface area contributed by atoms with Crippen molar-refractivity contribution in [2.45, 2.75) is 59.8 Å². The number of phenols is 1. The van der Waals surface area contributed by atoms with Crippen molar-refractivity contribution in [1.82, 2.24) is 0 Å². The van der Waals surface area contributed by atoms with E-state index in [-0.39, 0.29) is 17.3 Å². The largest absolute Gasteiger partial charge is 0.507 e. The molecule has 0 aliphatic heterocycles. The van der Waals surface area contributed by atoms with Crippen molar-refractivity contribution in [3.05, 3.63) is 28.3 Å². The third kappa shape index (κ3) is 3.14. The van der Waals surface area contributed by atoms with Gasteiger partial charge in [0, 0.05) is 0 Å². The van der Waals surface area contributed by atoms with Gasteiger partial charge in [0.05, 0.1) is 12.5 Å². The number of rotatable bonds is 3. The molecule has 0 radical (unpaired) electrons. The van der Waals surface area contributed by atoms with Crippen LogP contribution in [0.15, 0.2) is 6.07 Å². The van der Waals surface area contributed by atoms with Gasteiger partial charge in [0.15, 0.2) is 0 Å². The summed E-state index contributed by atoms with van der Waals surface area (Å²) in [5, 5.41) is 10.3. The summed E-state index contributed by atoms with van der Waals surface area (Å²) < 4.78 is 5.11. The van der Waals surface area contributed by atoms with E-state index in [1.165, 1.54) is 0 Å². The maximum atomic E-state index is 12.0. The van der Waals surface area contributed by atoms with Gasteiger partial charge in [-0.25, -0.2) is 0 Å². The number of benzene rings is 1. The number of esters is 1. The molecule has 1 unspecified atom stereocenters. The van der Waals surface area contributed by atoms with Crippen molar-refractivity contribution >= 4 is 5.97 Å². The number of hydrogen-bond donors (Lipinski definition) is 1. The summed E-state index contributed by atoms with van der Waals surface area (Å²) in [6.45, 7) is 14.0. The van der Waals surface area contributed by atoms with Crippen molar-refractivity contribution in [2.75, 3.05) is 6.61 Å². The van der Waals surface area contributed by atoms with Gasteiger partial charge in [-0.2, -0.15) is 0 Å². The molecule has 0 saturated heterocycles. The van der Waals surface area contributed by atoms with E-state index in [4.69, 9.17) is 4.74 Å². The Bertz CT molecular complexity index is 510. The summed E-state index contributed by atoms with van der Waals surface area (Å²) in [6.07, 6.45) is 0. The lowest BCUT2D eigenvalue weighted by atomic mass is 9.80. The predicted molar refractivity (Wildman–Crippen MR) is 81.3 cm³/mol. The molecule has 0 fully saturated rings. The number of carbonyl (C=O) groups excluding carboxylic acids is 1. The van der Waals surface area contributed by atoms with Crippen molar-refractivity contribution < 1.29 is 14.6 Å². The lowest BCUT2D eigenvalue weighted by Gasteiger charge is -2.25. The molecule has 1 aromatic carbocycles. The van der Waals surface area contributed by atoms with Crippen LogP contribution in [0.3, 0.4) is 0 Å². The first-order chi connectivity index (χ1) is 9.11. The lowest BCUT2D eigenvalue weighted by molar-refractivity contribution is -0.144. The molecular formula is C17H26O3. The molecule has 0 aliphatic carbocycles. The number of hydrogen-bond acceptors (Lipinski definition) is 3. The van der Waals surface area contributed by atoms with Crippen molar-refractivity contribution in [1.29, 1.82) is 0 Å². The SMILES string of the molecule is CCOC(=O)C(C)c1cc(C(C)(C)C)c(O)c(C)c1C. The zero-order valence-electron chi connectivity index (χ0n) is 13.6. The number of carbonyl (C=O) groups is 1. The molecule has 0 aromatic heterocycles. The van der Waals surface area contributed by atoms with Crippen molar-refractivity contribution in [3.63, 3.8) is 0 Å². The van der Waals surface area contributed by atoms with Crippen LogP contribution in [0.25, 0.3) is 0 Å². The Morgan fingerprint density at radius 1 is 1.30 bits per heavy atom. The minimum atomic E-state index is -0.324. The van der Waals surface area contributed by atoms with E-state index in [2.05, 4.69) is 20.8 Å². The molecule has 1 N–H and O–H groups in total. The third-order valence-corrected chi connectivity index (χ3v) is 3.82. The van der Waals surface area contributed by atoms with Crippen LogP contribution in [0, 0.1) is 13.8 Å². The fourth-order valence-electron chi connectivity index (χ4n) is 2.34. The molecule has 0 amide bonds. The summed E-state index contributed by atoms with van der Waals surface area (Å²) in [6, 6.07) is 1.94. The highest BCUT2D eigenvalue weighted by Crippen LogP contribution is 2.38. The summed E-state index contributed by atoms with van der Waals surface area (Å²) in [5.41, 5.74) is 3.42. The topological polar surface area (TPSA) is 46.5 Å². The third-order valence-electron chi connectivity index (χ3n) is 3.82. The van der Waals surface area contributed by atoms with E-state index in [1.54, 1.807) is 6.92 Å². The quantitative estimate of drug-likeness (QED) is 0.851. The van der Waals surface area contributed by atoms with Gasteiger partial charge in [-0.1, -0.05) is 26.8 Å². The van der Waals surface area contributed by atoms with Gasteiger partial charge in [0.1, 0.15) is 5.75 Å². The molecule has 0 bridgehead atoms. The van der Waals surface area contributed by atoms with Gasteiger partial charge >= 0.3 is 5.97 Å². The second-order valence-corrected chi connectivity index (χ2v) is 6.34. The molecule has 1 aromatic rings. The van der Waals surface area contributed by atoms with E-state index in [1.807, 2.05) is 26.8 Å². The van der Waals surface area contributed by atoms with Crippen LogP contribution < -0.4 is 0 Å². The van der Waals surface area contributed by atoms with Gasteiger partial charge in [0.25, 0.3) is 0 Å². The summed E-state index contributed by atoms with van der Waals surface area (Å²) in [4.78, 5) is 12.0. The number of phenolic OH excluding ortho intramolecular Hbond substituents is 1. The number of aromatic hydroxyl groups is 1. The van der Waals surface area contributed by atoms with Crippen LogP contribution >= 0.6 is 0 Å². The first-order valence-corrected chi connectivity index (χ1v) is 7.11. The second-order valence-electron chi connectivity index (χ2n) is 6.34. The van der Waals surface area contributed by atoms with E-state index in [9.17, 15) is 9.90 Å². The standard InChI is InChI=1S/C17H26O3/c1-8-20-16(19)12(4)13-9-14(17(5,6)7)15(18)11(3)10(13)2/h9,12,18H,8H2,1-7H3. The summed E-state index contributed by atoms with van der Waals surface area (Å²) in [5.74, 6) is -0.217. The predicted octanol–water partition coefficient (Wildman–Crippen LogP) is 3.97. The highest BCUT2D eigenvalue weighted by molar-refractivity contribution is 5.78. The molecule has 20 heavy (non-hydrogen) atoms. The van der Waals surface area contributed by atoms with E-state index in [0.29, 0.717) is 12.4 Å². The van der Waals surface area contributed by atoms with Crippen LogP contribution in [0.5, 0.6) is 5.75 Å². The Labute approximate surface area is 122 Å². The molecule has 3 nitrogen and oxygen atoms in total. The average Bonchev–Trinajstić information content (AvgIpc) is 2.34. The molecule has 1 rings (SSSR count). The van der Waals surface area contributed by atoms with Crippen LogP contribution in [-0.4, -0.2) is 17.7 Å². The molecule has 112 valence electrons. The number of ether oxygens (including phenoxy) is 1. The second kappa shape index (κ2) is 5.86. The Kier molecular flexibility index (Phi) is 4.85. The highest BCUT2D eigenvalue weighted by atomic mass is 16.5. The maximum Gasteiger partial charge on any atom is 0.313 e. The average molecular weight is 278 g/mol. The van der Waals surface area contributed by atoms with Crippen molar-refractivity contribution in [3.8, 4) is 5.75 Å². The Morgan fingerprint density at radius 2 is 1.85 bits per heavy atom. The normalized spacial score (nSPS) is 13.2. The van der Waals surface area contributed by atoms with E-state index < -0.39 is 0 Å². The van der Waals surface area contributed by atoms with Crippen molar-refractivity contribution in [2.24, 2.45) is 0 Å². The monoisotopic (exact) mass is 278 g/mol.